The Kier molecular flexibility index (Phi) is 2.11. The van der Waals surface area contributed by atoms with Crippen molar-refractivity contribution in [1.82, 2.24) is 0 Å². The summed E-state index contributed by atoms with van der Waals surface area (Å²) < 4.78 is 0. The van der Waals surface area contributed by atoms with Crippen molar-refractivity contribution in [1.29, 1.82) is 0 Å². The molecule has 0 saturated heterocycles. The average molecular weight is 179 g/mol. The molecule has 0 aromatic heterocycles. The Morgan fingerprint density at radius 1 is 1.50 bits per heavy atom. The Morgan fingerprint density at radius 3 is 2.83 bits per heavy atom. The van der Waals surface area contributed by atoms with Gasteiger partial charge in [-0.15, -0.1) is 11.8 Å². The normalized spacial score (nSPS) is 27.2. The number of hydrogen-bond acceptors (Lipinski definition) is 2. The van der Waals surface area contributed by atoms with Gasteiger partial charge >= 0.3 is 0 Å². The third-order valence-corrected chi connectivity index (χ3v) is 3.09. The molecule has 1 aromatic rings. The van der Waals surface area contributed by atoms with Gasteiger partial charge in [0, 0.05) is 16.9 Å². The van der Waals surface area contributed by atoms with Gasteiger partial charge < -0.3 is 5.73 Å². The van der Waals surface area contributed by atoms with E-state index in [-0.39, 0.29) is 0 Å². The van der Waals surface area contributed by atoms with Gasteiger partial charge in [0.1, 0.15) is 0 Å². The van der Waals surface area contributed by atoms with E-state index >= 15 is 0 Å². The predicted octanol–water partition coefficient (Wildman–Crippen LogP) is 2.22. The lowest BCUT2D eigenvalue weighted by atomic mass is 10.1. The second-order valence-corrected chi connectivity index (χ2v) is 4.16. The van der Waals surface area contributed by atoms with E-state index in [1.165, 1.54) is 10.5 Å². The quantitative estimate of drug-likeness (QED) is 0.704. The monoisotopic (exact) mass is 179 g/mol. The van der Waals surface area contributed by atoms with Crippen LogP contribution in [-0.4, -0.2) is 12.3 Å². The molecule has 1 aliphatic rings. The fraction of sp³-hybridized carbons (Fsp3) is 0.400. The largest absolute Gasteiger partial charge is 0.327 e. The van der Waals surface area contributed by atoms with Gasteiger partial charge in [0.25, 0.3) is 0 Å². The molecule has 12 heavy (non-hydrogen) atoms. The molecule has 1 nitrogen and oxygen atoms in total. The van der Waals surface area contributed by atoms with Gasteiger partial charge in [-0.25, -0.2) is 0 Å². The highest BCUT2D eigenvalue weighted by molar-refractivity contribution is 7.98. The molecule has 1 aromatic carbocycles. The lowest BCUT2D eigenvalue weighted by Crippen LogP contribution is -2.00. The zero-order valence-electron chi connectivity index (χ0n) is 7.16. The molecule has 2 N–H and O–H groups in total. The first-order valence-corrected chi connectivity index (χ1v) is 5.43. The minimum Gasteiger partial charge on any atom is -0.327 e. The fourth-order valence-corrected chi connectivity index (χ4v) is 1.94. The molecule has 0 radical (unpaired) electrons. The smallest absolute Gasteiger partial charge is 0.0115 e. The highest BCUT2D eigenvalue weighted by atomic mass is 32.2. The zero-order valence-corrected chi connectivity index (χ0v) is 7.97. The van der Waals surface area contributed by atoms with Gasteiger partial charge in [0.05, 0.1) is 0 Å². The van der Waals surface area contributed by atoms with Gasteiger partial charge in [0.2, 0.25) is 0 Å². The maximum absolute atomic E-state index is 5.78. The molecule has 0 aliphatic heterocycles. The molecule has 0 amide bonds. The second kappa shape index (κ2) is 3.11. The lowest BCUT2D eigenvalue weighted by molar-refractivity contribution is 0.986. The highest BCUT2D eigenvalue weighted by Crippen LogP contribution is 2.39. The topological polar surface area (TPSA) is 26.0 Å². The van der Waals surface area contributed by atoms with Crippen LogP contribution >= 0.6 is 11.8 Å². The summed E-state index contributed by atoms with van der Waals surface area (Å²) >= 11 is 1.79. The zero-order chi connectivity index (χ0) is 8.55. The van der Waals surface area contributed by atoms with Crippen LogP contribution in [0.25, 0.3) is 0 Å². The highest BCUT2D eigenvalue weighted by Gasteiger charge is 2.34. The van der Waals surface area contributed by atoms with Crippen LogP contribution in [-0.2, 0) is 0 Å². The van der Waals surface area contributed by atoms with Gasteiger partial charge in [-0.3, -0.25) is 0 Å². The third kappa shape index (κ3) is 1.50. The maximum atomic E-state index is 5.78. The van der Waals surface area contributed by atoms with E-state index in [1.807, 2.05) is 0 Å². The van der Waals surface area contributed by atoms with E-state index in [9.17, 15) is 0 Å². The Bertz CT molecular complexity index is 285. The Morgan fingerprint density at radius 2 is 2.25 bits per heavy atom. The number of nitrogens with two attached hydrogens (primary N) is 1. The van der Waals surface area contributed by atoms with Gasteiger partial charge in [-0.05, 0) is 30.4 Å². The van der Waals surface area contributed by atoms with Crippen molar-refractivity contribution in [2.75, 3.05) is 6.26 Å². The number of thioether (sulfide) groups is 1. The van der Waals surface area contributed by atoms with E-state index in [4.69, 9.17) is 5.73 Å². The Balaban J connectivity index is 2.21. The molecule has 2 unspecified atom stereocenters. The summed E-state index contributed by atoms with van der Waals surface area (Å²) in [5.41, 5.74) is 7.19. The van der Waals surface area contributed by atoms with E-state index in [2.05, 4.69) is 30.5 Å². The van der Waals surface area contributed by atoms with Crippen LogP contribution in [0.1, 0.15) is 17.9 Å². The maximum Gasteiger partial charge on any atom is 0.0115 e. The fourth-order valence-electron chi connectivity index (χ4n) is 1.47. The first kappa shape index (κ1) is 8.14. The van der Waals surface area contributed by atoms with Crippen LogP contribution in [0.5, 0.6) is 0 Å². The van der Waals surface area contributed by atoms with Gasteiger partial charge in [0.15, 0.2) is 0 Å². The van der Waals surface area contributed by atoms with Crippen molar-refractivity contribution >= 4 is 11.8 Å². The summed E-state index contributed by atoms with van der Waals surface area (Å²) in [6, 6.07) is 9.11. The Labute approximate surface area is 77.3 Å². The standard InChI is InChI=1S/C10H13NS/c1-12-8-4-2-3-7(5-8)9-6-10(9)11/h2-5,9-10H,6,11H2,1H3. The van der Waals surface area contributed by atoms with Crippen molar-refractivity contribution in [3.8, 4) is 0 Å². The molecular formula is C10H13NS. The molecule has 1 fully saturated rings. The summed E-state index contributed by atoms with van der Waals surface area (Å²) in [7, 11) is 0. The molecule has 0 spiro atoms. The minimum atomic E-state index is 0.419. The SMILES string of the molecule is CSc1cccc(C2CC2N)c1. The van der Waals surface area contributed by atoms with E-state index < -0.39 is 0 Å². The van der Waals surface area contributed by atoms with Crippen molar-refractivity contribution < 1.29 is 0 Å². The average Bonchev–Trinajstić information content (AvgIpc) is 2.83. The molecule has 0 bridgehead atoms. The molecule has 1 saturated carbocycles. The van der Waals surface area contributed by atoms with E-state index in [0.717, 1.165) is 6.42 Å². The number of benzene rings is 1. The van der Waals surface area contributed by atoms with Crippen molar-refractivity contribution in [2.45, 2.75) is 23.3 Å². The molecule has 2 heteroatoms. The molecule has 0 heterocycles. The van der Waals surface area contributed by atoms with E-state index in [0.29, 0.717) is 12.0 Å². The Hall–Kier alpha value is -0.470. The summed E-state index contributed by atoms with van der Waals surface area (Å²) in [5, 5.41) is 0. The van der Waals surface area contributed by atoms with Crippen LogP contribution in [0, 0.1) is 0 Å². The van der Waals surface area contributed by atoms with Crippen LogP contribution in [0.4, 0.5) is 0 Å². The molecule has 64 valence electrons. The van der Waals surface area contributed by atoms with Crippen molar-refractivity contribution in [3.05, 3.63) is 29.8 Å². The molecule has 1 aliphatic carbocycles. The van der Waals surface area contributed by atoms with Gasteiger partial charge in [-0.1, -0.05) is 12.1 Å². The number of hydrogen-bond donors (Lipinski definition) is 1. The summed E-state index contributed by atoms with van der Waals surface area (Å²) in [6.07, 6.45) is 3.27. The van der Waals surface area contributed by atoms with E-state index in [1.54, 1.807) is 11.8 Å². The lowest BCUT2D eigenvalue weighted by Gasteiger charge is -2.00. The minimum absolute atomic E-state index is 0.419. The molecule has 2 atom stereocenters. The summed E-state index contributed by atoms with van der Waals surface area (Å²) in [6.45, 7) is 0. The number of rotatable bonds is 2. The van der Waals surface area contributed by atoms with Crippen LogP contribution < -0.4 is 5.73 Å². The second-order valence-electron chi connectivity index (χ2n) is 3.28. The van der Waals surface area contributed by atoms with Crippen molar-refractivity contribution in [3.63, 3.8) is 0 Å². The van der Waals surface area contributed by atoms with Gasteiger partial charge in [-0.2, -0.15) is 0 Å². The predicted molar refractivity (Wildman–Crippen MR) is 53.6 cm³/mol. The molecular weight excluding hydrogens is 166 g/mol. The first-order chi connectivity index (χ1) is 5.81. The third-order valence-electron chi connectivity index (χ3n) is 2.36. The van der Waals surface area contributed by atoms with Crippen LogP contribution in [0.2, 0.25) is 0 Å². The first-order valence-electron chi connectivity index (χ1n) is 4.21. The molecule has 2 rings (SSSR count). The summed E-state index contributed by atoms with van der Waals surface area (Å²) in [4.78, 5) is 1.34. The summed E-state index contributed by atoms with van der Waals surface area (Å²) in [5.74, 6) is 0.636. The van der Waals surface area contributed by atoms with Crippen molar-refractivity contribution in [2.24, 2.45) is 5.73 Å². The van der Waals surface area contributed by atoms with Crippen LogP contribution in [0.3, 0.4) is 0 Å². The van der Waals surface area contributed by atoms with Crippen LogP contribution in [0.15, 0.2) is 29.2 Å².